The Labute approximate surface area is 181 Å². The summed E-state index contributed by atoms with van der Waals surface area (Å²) in [4.78, 5) is 14.9. The number of benzene rings is 1. The molecule has 1 atom stereocenters. The summed E-state index contributed by atoms with van der Waals surface area (Å²) in [5.74, 6) is 3.01. The van der Waals surface area contributed by atoms with Crippen LogP contribution < -0.4 is 9.47 Å². The number of aromatic nitrogens is 2. The smallest absolute Gasteiger partial charge is 0.277 e. The van der Waals surface area contributed by atoms with E-state index in [0.29, 0.717) is 11.1 Å². The minimum absolute atomic E-state index is 0.0105. The van der Waals surface area contributed by atoms with E-state index in [2.05, 4.69) is 10.2 Å². The van der Waals surface area contributed by atoms with Crippen LogP contribution in [0.5, 0.6) is 11.5 Å². The van der Waals surface area contributed by atoms with E-state index in [0.717, 1.165) is 55.2 Å². The average Bonchev–Trinajstić information content (AvgIpc) is 3.47. The van der Waals surface area contributed by atoms with E-state index in [1.165, 1.54) is 31.0 Å². The molecule has 1 amide bonds. The van der Waals surface area contributed by atoms with Crippen LogP contribution in [-0.2, 0) is 4.79 Å². The van der Waals surface area contributed by atoms with Crippen LogP contribution in [0.1, 0.15) is 68.4 Å². The number of hydrogen-bond donors (Lipinski definition) is 0. The molecule has 2 aliphatic rings. The van der Waals surface area contributed by atoms with Crippen LogP contribution >= 0.6 is 11.8 Å². The number of rotatable bonds is 7. The molecule has 1 saturated heterocycles. The molecule has 1 aliphatic heterocycles. The first-order chi connectivity index (χ1) is 14.7. The van der Waals surface area contributed by atoms with Crippen molar-refractivity contribution < 1.29 is 18.7 Å². The Kier molecular flexibility index (Phi) is 6.82. The molecule has 1 aromatic heterocycles. The zero-order valence-corrected chi connectivity index (χ0v) is 18.5. The van der Waals surface area contributed by atoms with Crippen LogP contribution in [0, 0.1) is 0 Å². The fourth-order valence-corrected chi connectivity index (χ4v) is 5.14. The molecule has 0 spiro atoms. The molecule has 8 heteroatoms. The maximum Gasteiger partial charge on any atom is 0.277 e. The second-order valence-electron chi connectivity index (χ2n) is 7.88. The zero-order valence-electron chi connectivity index (χ0n) is 17.6. The second kappa shape index (κ2) is 9.73. The molecule has 4 rings (SSSR count). The first-order valence-electron chi connectivity index (χ1n) is 10.7. The Morgan fingerprint density at radius 3 is 2.73 bits per heavy atom. The third kappa shape index (κ3) is 4.58. The van der Waals surface area contributed by atoms with Gasteiger partial charge in [0.15, 0.2) is 0 Å². The Bertz CT molecular complexity index is 866. The van der Waals surface area contributed by atoms with Crippen molar-refractivity contribution in [1.82, 2.24) is 15.1 Å². The highest BCUT2D eigenvalue weighted by molar-refractivity contribution is 7.99. The number of likely N-dealkylation sites (tertiary alicyclic amines) is 1. The second-order valence-corrected chi connectivity index (χ2v) is 8.81. The third-order valence-electron chi connectivity index (χ3n) is 6.06. The van der Waals surface area contributed by atoms with Crippen LogP contribution in [0.4, 0.5) is 0 Å². The Morgan fingerprint density at radius 2 is 1.97 bits per heavy atom. The largest absolute Gasteiger partial charge is 0.497 e. The SMILES string of the molecule is COc1ccc(OC)c(C2CCCN2C(=O)CSc2nnc(C3CCCCC3)o2)c1. The molecule has 2 heterocycles. The minimum Gasteiger partial charge on any atom is -0.497 e. The molecule has 1 aromatic carbocycles. The Balaban J connectivity index is 1.40. The van der Waals surface area contributed by atoms with Crippen molar-refractivity contribution >= 4 is 17.7 Å². The fourth-order valence-electron chi connectivity index (χ4n) is 4.49. The Morgan fingerprint density at radius 1 is 1.13 bits per heavy atom. The number of amides is 1. The van der Waals surface area contributed by atoms with Gasteiger partial charge in [-0.3, -0.25) is 4.79 Å². The van der Waals surface area contributed by atoms with Crippen LogP contribution in [0.25, 0.3) is 0 Å². The molecule has 2 aromatic rings. The molecule has 0 radical (unpaired) electrons. The van der Waals surface area contributed by atoms with Crippen molar-refractivity contribution in [2.75, 3.05) is 26.5 Å². The summed E-state index contributed by atoms with van der Waals surface area (Å²) < 4.78 is 16.8. The third-order valence-corrected chi connectivity index (χ3v) is 6.87. The predicted molar refractivity (Wildman–Crippen MR) is 114 cm³/mol. The molecule has 30 heavy (non-hydrogen) atoms. The van der Waals surface area contributed by atoms with Gasteiger partial charge in [0.05, 0.1) is 26.0 Å². The number of ether oxygens (including phenoxy) is 2. The van der Waals surface area contributed by atoms with Crippen LogP contribution in [-0.4, -0.2) is 47.5 Å². The minimum atomic E-state index is -0.0105. The van der Waals surface area contributed by atoms with Gasteiger partial charge in [0.25, 0.3) is 5.22 Å². The summed E-state index contributed by atoms with van der Waals surface area (Å²) in [6, 6.07) is 5.73. The molecule has 0 bridgehead atoms. The number of carbonyl (C=O) groups excluding carboxylic acids is 1. The fraction of sp³-hybridized carbons (Fsp3) is 0.591. The molecular weight excluding hydrogens is 402 g/mol. The average molecular weight is 432 g/mol. The van der Waals surface area contributed by atoms with Gasteiger partial charge in [0, 0.05) is 18.0 Å². The lowest BCUT2D eigenvalue weighted by atomic mass is 9.89. The van der Waals surface area contributed by atoms with Gasteiger partial charge in [-0.15, -0.1) is 10.2 Å². The van der Waals surface area contributed by atoms with Crippen LogP contribution in [0.3, 0.4) is 0 Å². The molecule has 2 fully saturated rings. The van der Waals surface area contributed by atoms with Crippen LogP contribution in [0.2, 0.25) is 0 Å². The highest BCUT2D eigenvalue weighted by Crippen LogP contribution is 2.39. The summed E-state index contributed by atoms with van der Waals surface area (Å²) in [5.41, 5.74) is 0.991. The summed E-state index contributed by atoms with van der Waals surface area (Å²) in [6.07, 6.45) is 7.83. The number of carbonyl (C=O) groups is 1. The number of methoxy groups -OCH3 is 2. The van der Waals surface area contributed by atoms with Gasteiger partial charge in [0.2, 0.25) is 11.8 Å². The summed E-state index contributed by atoms with van der Waals surface area (Å²) >= 11 is 1.33. The lowest BCUT2D eigenvalue weighted by Crippen LogP contribution is -2.32. The van der Waals surface area contributed by atoms with Gasteiger partial charge in [-0.2, -0.15) is 0 Å². The first kappa shape index (κ1) is 21.0. The van der Waals surface area contributed by atoms with Gasteiger partial charge >= 0.3 is 0 Å². The maximum atomic E-state index is 13.0. The zero-order chi connectivity index (χ0) is 20.9. The Hall–Kier alpha value is -2.22. The highest BCUT2D eigenvalue weighted by Gasteiger charge is 2.32. The summed E-state index contributed by atoms with van der Waals surface area (Å²) in [6.45, 7) is 0.738. The van der Waals surface area contributed by atoms with Crippen molar-refractivity contribution in [2.45, 2.75) is 62.1 Å². The van der Waals surface area contributed by atoms with E-state index in [1.807, 2.05) is 23.1 Å². The van der Waals surface area contributed by atoms with Crippen molar-refractivity contribution in [3.8, 4) is 11.5 Å². The molecule has 162 valence electrons. The topological polar surface area (TPSA) is 77.7 Å². The molecule has 0 N–H and O–H groups in total. The molecule has 1 saturated carbocycles. The monoisotopic (exact) mass is 431 g/mol. The quantitative estimate of drug-likeness (QED) is 0.593. The highest BCUT2D eigenvalue weighted by atomic mass is 32.2. The summed E-state index contributed by atoms with van der Waals surface area (Å²) in [7, 11) is 3.30. The van der Waals surface area contributed by atoms with Crippen molar-refractivity contribution in [2.24, 2.45) is 0 Å². The van der Waals surface area contributed by atoms with Crippen molar-refractivity contribution in [3.05, 3.63) is 29.7 Å². The molecule has 1 unspecified atom stereocenters. The van der Waals surface area contributed by atoms with Crippen molar-refractivity contribution in [1.29, 1.82) is 0 Å². The standard InChI is InChI=1S/C22H29N3O4S/c1-27-16-10-11-19(28-2)17(13-16)18-9-6-12-25(18)20(26)14-30-22-24-23-21(29-22)15-7-4-3-5-8-15/h10-11,13,15,18H,3-9,12,14H2,1-2H3. The van der Waals surface area contributed by atoms with E-state index in [1.54, 1.807) is 14.2 Å². The van der Waals surface area contributed by atoms with E-state index in [9.17, 15) is 4.79 Å². The normalized spacial score (nSPS) is 19.8. The van der Waals surface area contributed by atoms with E-state index in [4.69, 9.17) is 13.9 Å². The lowest BCUT2D eigenvalue weighted by molar-refractivity contribution is -0.129. The molecule has 1 aliphatic carbocycles. The van der Waals surface area contributed by atoms with E-state index >= 15 is 0 Å². The van der Waals surface area contributed by atoms with Gasteiger partial charge in [0.1, 0.15) is 11.5 Å². The van der Waals surface area contributed by atoms with Gasteiger partial charge < -0.3 is 18.8 Å². The lowest BCUT2D eigenvalue weighted by Gasteiger charge is -2.26. The first-order valence-corrected chi connectivity index (χ1v) is 11.7. The van der Waals surface area contributed by atoms with E-state index < -0.39 is 0 Å². The number of nitrogens with zero attached hydrogens (tertiary/aromatic N) is 3. The predicted octanol–water partition coefficient (Wildman–Crippen LogP) is 4.59. The van der Waals surface area contributed by atoms with Gasteiger partial charge in [-0.25, -0.2) is 0 Å². The van der Waals surface area contributed by atoms with Crippen molar-refractivity contribution in [3.63, 3.8) is 0 Å². The van der Waals surface area contributed by atoms with Crippen LogP contribution in [0.15, 0.2) is 27.8 Å². The number of thioether (sulfide) groups is 1. The molecular formula is C22H29N3O4S. The maximum absolute atomic E-state index is 13.0. The van der Waals surface area contributed by atoms with Gasteiger partial charge in [-0.1, -0.05) is 31.0 Å². The number of hydrogen-bond acceptors (Lipinski definition) is 7. The molecule has 7 nitrogen and oxygen atoms in total. The van der Waals surface area contributed by atoms with E-state index in [-0.39, 0.29) is 17.7 Å². The summed E-state index contributed by atoms with van der Waals surface area (Å²) in [5, 5.41) is 8.87. The van der Waals surface area contributed by atoms with Gasteiger partial charge in [-0.05, 0) is 43.9 Å².